The Kier molecular flexibility index (Phi) is 7.23. The lowest BCUT2D eigenvalue weighted by Gasteiger charge is -2.20. The molecule has 146 valence electrons. The van der Waals surface area contributed by atoms with E-state index in [0.29, 0.717) is 17.2 Å². The molecule has 0 heterocycles. The van der Waals surface area contributed by atoms with Crippen molar-refractivity contribution in [1.29, 1.82) is 0 Å². The molecule has 2 aromatic rings. The van der Waals surface area contributed by atoms with Crippen LogP contribution in [0.3, 0.4) is 0 Å². The first-order valence-corrected chi connectivity index (χ1v) is 10.3. The number of carbonyl (C=O) groups is 1. The van der Waals surface area contributed by atoms with Crippen molar-refractivity contribution in [1.82, 2.24) is 4.31 Å². The molecule has 0 atom stereocenters. The molecule has 1 N–H and O–H groups in total. The molecule has 0 fully saturated rings. The molecule has 0 aromatic heterocycles. The summed E-state index contributed by atoms with van der Waals surface area (Å²) in [4.78, 5) is 12.6. The average Bonchev–Trinajstić information content (AvgIpc) is 2.66. The lowest BCUT2D eigenvalue weighted by Crippen LogP contribution is -2.37. The number of likely N-dealkylation sites (N-methyl/N-ethyl adjacent to an activating group) is 1. The van der Waals surface area contributed by atoms with Crippen LogP contribution in [0, 0.1) is 0 Å². The van der Waals surface area contributed by atoms with Gasteiger partial charge in [0.25, 0.3) is 0 Å². The largest absolute Gasteiger partial charge is 0.497 e. The van der Waals surface area contributed by atoms with Crippen molar-refractivity contribution >= 4 is 37.5 Å². The summed E-state index contributed by atoms with van der Waals surface area (Å²) in [5, 5.41) is 2.68. The third-order valence-corrected chi connectivity index (χ3v) is 6.27. The van der Waals surface area contributed by atoms with Gasteiger partial charge in [-0.05, 0) is 36.4 Å². The minimum Gasteiger partial charge on any atom is -0.497 e. The van der Waals surface area contributed by atoms with E-state index < -0.39 is 15.9 Å². The van der Waals surface area contributed by atoms with Crippen molar-refractivity contribution in [2.75, 3.05) is 32.6 Å². The zero-order valence-corrected chi connectivity index (χ0v) is 17.6. The van der Waals surface area contributed by atoms with Crippen LogP contribution in [0.4, 0.5) is 5.69 Å². The standard InChI is InChI=1S/C18H21BrN2O5S/c1-4-21(27(23,24)15-8-5-13(19)6-9-15)12-18(22)20-16-11-14(25-2)7-10-17(16)26-3/h5-11H,4,12H2,1-3H3,(H,20,22). The molecule has 2 rings (SSSR count). The first kappa shape index (κ1) is 21.2. The lowest BCUT2D eigenvalue weighted by molar-refractivity contribution is -0.116. The molecular formula is C18H21BrN2O5S. The van der Waals surface area contributed by atoms with Gasteiger partial charge in [-0.25, -0.2) is 8.42 Å². The molecular weight excluding hydrogens is 436 g/mol. The number of amides is 1. The Balaban J connectivity index is 2.19. The Morgan fingerprint density at radius 1 is 1.11 bits per heavy atom. The molecule has 0 aliphatic carbocycles. The van der Waals surface area contributed by atoms with E-state index >= 15 is 0 Å². The molecule has 0 aliphatic heterocycles. The highest BCUT2D eigenvalue weighted by Gasteiger charge is 2.25. The lowest BCUT2D eigenvalue weighted by atomic mass is 10.2. The van der Waals surface area contributed by atoms with Crippen molar-refractivity contribution in [3.05, 3.63) is 46.9 Å². The number of anilines is 1. The molecule has 0 saturated carbocycles. The number of sulfonamides is 1. The van der Waals surface area contributed by atoms with Gasteiger partial charge in [0.05, 0.1) is 31.3 Å². The number of hydrogen-bond donors (Lipinski definition) is 1. The van der Waals surface area contributed by atoms with Crippen LogP contribution in [0.25, 0.3) is 0 Å². The van der Waals surface area contributed by atoms with E-state index in [4.69, 9.17) is 9.47 Å². The minimum atomic E-state index is -3.79. The van der Waals surface area contributed by atoms with Gasteiger partial charge in [-0.2, -0.15) is 4.31 Å². The summed E-state index contributed by atoms with van der Waals surface area (Å²) in [5.74, 6) is 0.507. The average molecular weight is 457 g/mol. The number of hydrogen-bond acceptors (Lipinski definition) is 5. The molecule has 1 amide bonds. The summed E-state index contributed by atoms with van der Waals surface area (Å²) in [6.07, 6.45) is 0. The van der Waals surface area contributed by atoms with Crippen molar-refractivity contribution in [3.8, 4) is 11.5 Å². The smallest absolute Gasteiger partial charge is 0.243 e. The van der Waals surface area contributed by atoms with Gasteiger partial charge in [0.1, 0.15) is 11.5 Å². The van der Waals surface area contributed by atoms with Crippen molar-refractivity contribution in [3.63, 3.8) is 0 Å². The second kappa shape index (κ2) is 9.20. The van der Waals surface area contributed by atoms with Crippen LogP contribution in [0.1, 0.15) is 6.92 Å². The molecule has 0 spiro atoms. The van der Waals surface area contributed by atoms with Crippen molar-refractivity contribution < 1.29 is 22.7 Å². The first-order valence-electron chi connectivity index (χ1n) is 8.09. The number of halogens is 1. The summed E-state index contributed by atoms with van der Waals surface area (Å²) in [6.45, 7) is 1.51. The summed E-state index contributed by atoms with van der Waals surface area (Å²) < 4.78 is 37.8. The Morgan fingerprint density at radius 2 is 1.78 bits per heavy atom. The topological polar surface area (TPSA) is 84.9 Å². The monoisotopic (exact) mass is 456 g/mol. The zero-order valence-electron chi connectivity index (χ0n) is 15.2. The minimum absolute atomic E-state index is 0.124. The third kappa shape index (κ3) is 5.21. The summed E-state index contributed by atoms with van der Waals surface area (Å²) >= 11 is 3.27. The van der Waals surface area contributed by atoms with E-state index in [1.807, 2.05) is 0 Å². The maximum absolute atomic E-state index is 12.8. The molecule has 2 aromatic carbocycles. The normalized spacial score (nSPS) is 11.3. The molecule has 0 saturated heterocycles. The van der Waals surface area contributed by atoms with Crippen molar-refractivity contribution in [2.24, 2.45) is 0 Å². The highest BCUT2D eigenvalue weighted by molar-refractivity contribution is 9.10. The summed E-state index contributed by atoms with van der Waals surface area (Å²) in [7, 11) is -0.797. The van der Waals surface area contributed by atoms with Crippen LogP contribution >= 0.6 is 15.9 Å². The van der Waals surface area contributed by atoms with Crippen LogP contribution in [0.5, 0.6) is 11.5 Å². The maximum atomic E-state index is 12.8. The number of rotatable bonds is 8. The predicted octanol–water partition coefficient (Wildman–Crippen LogP) is 3.12. The van der Waals surface area contributed by atoms with Gasteiger partial charge in [-0.3, -0.25) is 4.79 Å². The van der Waals surface area contributed by atoms with Crippen LogP contribution in [-0.2, 0) is 14.8 Å². The number of nitrogens with one attached hydrogen (secondary N) is 1. The highest BCUT2D eigenvalue weighted by atomic mass is 79.9. The number of nitrogens with zero attached hydrogens (tertiary/aromatic N) is 1. The fraction of sp³-hybridized carbons (Fsp3) is 0.278. The SMILES string of the molecule is CCN(CC(=O)Nc1cc(OC)ccc1OC)S(=O)(=O)c1ccc(Br)cc1. The van der Waals surface area contributed by atoms with Gasteiger partial charge in [0.15, 0.2) is 0 Å². The van der Waals surface area contributed by atoms with Gasteiger partial charge in [-0.1, -0.05) is 22.9 Å². The quantitative estimate of drug-likeness (QED) is 0.659. The van der Waals surface area contributed by atoms with E-state index in [0.717, 1.165) is 8.78 Å². The molecule has 0 aliphatic rings. The van der Waals surface area contributed by atoms with E-state index in [9.17, 15) is 13.2 Å². The number of methoxy groups -OCH3 is 2. The third-order valence-electron chi connectivity index (χ3n) is 3.80. The molecule has 0 unspecified atom stereocenters. The summed E-state index contributed by atoms with van der Waals surface area (Å²) in [5.41, 5.74) is 0.402. The maximum Gasteiger partial charge on any atom is 0.243 e. The zero-order chi connectivity index (χ0) is 20.0. The molecule has 0 radical (unpaired) electrons. The molecule has 9 heteroatoms. The number of carbonyl (C=O) groups excluding carboxylic acids is 1. The number of benzene rings is 2. The van der Waals surface area contributed by atoms with E-state index in [-0.39, 0.29) is 18.0 Å². The Hall–Kier alpha value is -2.10. The number of ether oxygens (including phenoxy) is 2. The van der Waals surface area contributed by atoms with Crippen LogP contribution in [-0.4, -0.2) is 45.9 Å². The Labute approximate surface area is 167 Å². The second-order valence-corrected chi connectivity index (χ2v) is 8.35. The fourth-order valence-corrected chi connectivity index (χ4v) is 4.05. The van der Waals surface area contributed by atoms with Gasteiger partial charge in [0, 0.05) is 17.1 Å². The van der Waals surface area contributed by atoms with Gasteiger partial charge < -0.3 is 14.8 Å². The van der Waals surface area contributed by atoms with Gasteiger partial charge in [-0.15, -0.1) is 0 Å². The summed E-state index contributed by atoms with van der Waals surface area (Å²) in [6, 6.07) is 11.2. The Bertz CT molecular complexity index is 900. The van der Waals surface area contributed by atoms with Crippen LogP contribution in [0.15, 0.2) is 51.8 Å². The molecule has 27 heavy (non-hydrogen) atoms. The van der Waals surface area contributed by atoms with Gasteiger partial charge in [0.2, 0.25) is 15.9 Å². The van der Waals surface area contributed by atoms with Crippen LogP contribution < -0.4 is 14.8 Å². The van der Waals surface area contributed by atoms with E-state index in [1.165, 1.54) is 26.4 Å². The Morgan fingerprint density at radius 3 is 2.33 bits per heavy atom. The van der Waals surface area contributed by atoms with Crippen molar-refractivity contribution in [2.45, 2.75) is 11.8 Å². The predicted molar refractivity (Wildman–Crippen MR) is 107 cm³/mol. The second-order valence-electron chi connectivity index (χ2n) is 5.50. The molecule has 7 nitrogen and oxygen atoms in total. The van der Waals surface area contributed by atoms with Gasteiger partial charge >= 0.3 is 0 Å². The first-order chi connectivity index (χ1) is 12.8. The van der Waals surface area contributed by atoms with Crippen LogP contribution in [0.2, 0.25) is 0 Å². The molecule has 0 bridgehead atoms. The van der Waals surface area contributed by atoms with E-state index in [1.54, 1.807) is 37.3 Å². The van der Waals surface area contributed by atoms with E-state index in [2.05, 4.69) is 21.2 Å². The fourth-order valence-electron chi connectivity index (χ4n) is 2.38. The highest BCUT2D eigenvalue weighted by Crippen LogP contribution is 2.29.